The van der Waals surface area contributed by atoms with Gasteiger partial charge in [0, 0.05) is 12.5 Å². The van der Waals surface area contributed by atoms with Crippen molar-refractivity contribution >= 4 is 6.29 Å². The van der Waals surface area contributed by atoms with Gasteiger partial charge >= 0.3 is 0 Å². The van der Waals surface area contributed by atoms with Gasteiger partial charge in [-0.3, -0.25) is 0 Å². The maximum Gasteiger partial charge on any atom is 0.127 e. The molecule has 0 radical (unpaired) electrons. The van der Waals surface area contributed by atoms with Crippen molar-refractivity contribution in [3.8, 4) is 0 Å². The van der Waals surface area contributed by atoms with Gasteiger partial charge in [0.15, 0.2) is 0 Å². The van der Waals surface area contributed by atoms with E-state index < -0.39 is 0 Å². The summed E-state index contributed by atoms with van der Waals surface area (Å²) >= 11 is 0. The zero-order valence-electron chi connectivity index (χ0n) is 14.6. The van der Waals surface area contributed by atoms with Gasteiger partial charge in [0.1, 0.15) is 6.29 Å². The van der Waals surface area contributed by atoms with Crippen molar-refractivity contribution in [1.82, 2.24) is 0 Å². The summed E-state index contributed by atoms with van der Waals surface area (Å²) in [5, 5.41) is 8.71. The van der Waals surface area contributed by atoms with Gasteiger partial charge in [-0.15, -0.1) is 0 Å². The fourth-order valence-electron chi connectivity index (χ4n) is 3.57. The molecule has 0 aromatic rings. The van der Waals surface area contributed by atoms with Gasteiger partial charge in [0.25, 0.3) is 0 Å². The molecule has 0 fully saturated rings. The molecule has 0 aliphatic heterocycles. The maximum atomic E-state index is 11.0. The zero-order chi connectivity index (χ0) is 16.0. The number of hydrogen-bond donors (Lipinski definition) is 1. The zero-order valence-corrected chi connectivity index (χ0v) is 14.6. The highest BCUT2D eigenvalue weighted by Crippen LogP contribution is 2.31. The SMILES string of the molecule is CC1=C(CCCCCCCCCCCCO)CCCC1C=O. The number of aldehydes is 1. The maximum absolute atomic E-state index is 11.0. The van der Waals surface area contributed by atoms with Crippen LogP contribution in [-0.2, 0) is 4.79 Å². The van der Waals surface area contributed by atoms with Crippen LogP contribution >= 0.6 is 0 Å². The van der Waals surface area contributed by atoms with Gasteiger partial charge in [-0.2, -0.15) is 0 Å². The smallest absolute Gasteiger partial charge is 0.127 e. The van der Waals surface area contributed by atoms with Gasteiger partial charge < -0.3 is 9.90 Å². The molecule has 2 nitrogen and oxygen atoms in total. The van der Waals surface area contributed by atoms with E-state index in [-0.39, 0.29) is 5.92 Å². The number of aliphatic hydroxyl groups excluding tert-OH is 1. The van der Waals surface area contributed by atoms with E-state index >= 15 is 0 Å². The summed E-state index contributed by atoms with van der Waals surface area (Å²) in [7, 11) is 0. The number of unbranched alkanes of at least 4 members (excludes halogenated alkanes) is 9. The molecule has 0 saturated heterocycles. The monoisotopic (exact) mass is 308 g/mol. The van der Waals surface area contributed by atoms with Crippen molar-refractivity contribution in [2.75, 3.05) is 6.61 Å². The van der Waals surface area contributed by atoms with Crippen molar-refractivity contribution in [3.05, 3.63) is 11.1 Å². The predicted octanol–water partition coefficient (Wildman–Crippen LogP) is 5.59. The van der Waals surface area contributed by atoms with E-state index in [1.807, 2.05) is 0 Å². The lowest BCUT2D eigenvalue weighted by Crippen LogP contribution is -2.11. The first-order valence-corrected chi connectivity index (χ1v) is 9.54. The number of rotatable bonds is 13. The summed E-state index contributed by atoms with van der Waals surface area (Å²) in [5.41, 5.74) is 2.95. The number of carbonyl (C=O) groups excluding carboxylic acids is 1. The molecule has 1 atom stereocenters. The summed E-state index contributed by atoms with van der Waals surface area (Å²) in [4.78, 5) is 11.0. The van der Waals surface area contributed by atoms with Gasteiger partial charge in [0.05, 0.1) is 0 Å². The predicted molar refractivity (Wildman–Crippen MR) is 94.0 cm³/mol. The molecule has 0 saturated carbocycles. The second-order valence-electron chi connectivity index (χ2n) is 6.93. The van der Waals surface area contributed by atoms with E-state index in [2.05, 4.69) is 6.92 Å². The van der Waals surface area contributed by atoms with E-state index in [9.17, 15) is 4.79 Å². The Hall–Kier alpha value is -0.630. The minimum atomic E-state index is 0.217. The van der Waals surface area contributed by atoms with Crippen LogP contribution in [0.5, 0.6) is 0 Å². The van der Waals surface area contributed by atoms with Crippen LogP contribution in [-0.4, -0.2) is 18.0 Å². The lowest BCUT2D eigenvalue weighted by molar-refractivity contribution is -0.110. The molecule has 22 heavy (non-hydrogen) atoms. The molecule has 0 spiro atoms. The van der Waals surface area contributed by atoms with E-state index in [4.69, 9.17) is 5.11 Å². The Morgan fingerprint density at radius 1 is 0.955 bits per heavy atom. The summed E-state index contributed by atoms with van der Waals surface area (Å²) in [5.74, 6) is 0.217. The van der Waals surface area contributed by atoms with Crippen LogP contribution in [0.15, 0.2) is 11.1 Å². The average molecular weight is 309 g/mol. The minimum absolute atomic E-state index is 0.217. The van der Waals surface area contributed by atoms with Crippen molar-refractivity contribution in [2.45, 2.75) is 96.8 Å². The highest BCUT2D eigenvalue weighted by molar-refractivity contribution is 5.59. The molecule has 1 aliphatic rings. The number of hydrogen-bond acceptors (Lipinski definition) is 2. The fourth-order valence-corrected chi connectivity index (χ4v) is 3.57. The average Bonchev–Trinajstić information content (AvgIpc) is 2.54. The van der Waals surface area contributed by atoms with Crippen molar-refractivity contribution in [1.29, 1.82) is 0 Å². The standard InChI is InChI=1S/C20H36O2/c1-18-19(14-12-15-20(18)17-22)13-10-8-6-4-2-3-5-7-9-11-16-21/h17,20-21H,2-16H2,1H3. The van der Waals surface area contributed by atoms with Crippen LogP contribution in [0, 0.1) is 5.92 Å². The number of aliphatic hydroxyl groups is 1. The summed E-state index contributed by atoms with van der Waals surface area (Å²) in [6, 6.07) is 0. The third-order valence-corrected chi connectivity index (χ3v) is 5.16. The Morgan fingerprint density at radius 3 is 2.05 bits per heavy atom. The third-order valence-electron chi connectivity index (χ3n) is 5.16. The van der Waals surface area contributed by atoms with Crippen molar-refractivity contribution < 1.29 is 9.90 Å². The number of allylic oxidation sites excluding steroid dienone is 2. The molecule has 128 valence electrons. The quantitative estimate of drug-likeness (QED) is 0.274. The van der Waals surface area contributed by atoms with E-state index in [1.54, 1.807) is 5.57 Å². The van der Waals surface area contributed by atoms with E-state index in [0.29, 0.717) is 6.61 Å². The molecule has 0 aromatic heterocycles. The first-order chi connectivity index (χ1) is 10.8. The van der Waals surface area contributed by atoms with Crippen molar-refractivity contribution in [3.63, 3.8) is 0 Å². The lowest BCUT2D eigenvalue weighted by atomic mass is 9.82. The van der Waals surface area contributed by atoms with Crippen LogP contribution in [0.3, 0.4) is 0 Å². The van der Waals surface area contributed by atoms with Gasteiger partial charge in [0.2, 0.25) is 0 Å². The molecular weight excluding hydrogens is 272 g/mol. The fraction of sp³-hybridized carbons (Fsp3) is 0.850. The minimum Gasteiger partial charge on any atom is -0.396 e. The Bertz CT molecular complexity index is 320. The topological polar surface area (TPSA) is 37.3 Å². The van der Waals surface area contributed by atoms with Crippen LogP contribution in [0.1, 0.15) is 96.8 Å². The van der Waals surface area contributed by atoms with E-state index in [1.165, 1.54) is 82.6 Å². The second kappa shape index (κ2) is 12.9. The molecule has 1 rings (SSSR count). The molecule has 1 N–H and O–H groups in total. The molecule has 1 unspecified atom stereocenters. The summed E-state index contributed by atoms with van der Waals surface area (Å²) < 4.78 is 0. The van der Waals surface area contributed by atoms with Crippen LogP contribution < -0.4 is 0 Å². The van der Waals surface area contributed by atoms with Crippen LogP contribution in [0.4, 0.5) is 0 Å². The van der Waals surface area contributed by atoms with Gasteiger partial charge in [-0.05, 0) is 45.4 Å². The van der Waals surface area contributed by atoms with Crippen LogP contribution in [0.25, 0.3) is 0 Å². The third kappa shape index (κ3) is 8.12. The van der Waals surface area contributed by atoms with Crippen LogP contribution in [0.2, 0.25) is 0 Å². The summed E-state index contributed by atoms with van der Waals surface area (Å²) in [6.45, 7) is 2.52. The Kier molecular flexibility index (Phi) is 11.4. The highest BCUT2D eigenvalue weighted by Gasteiger charge is 2.18. The first-order valence-electron chi connectivity index (χ1n) is 9.54. The molecular formula is C20H36O2. The molecule has 0 aromatic carbocycles. The van der Waals surface area contributed by atoms with Crippen molar-refractivity contribution in [2.24, 2.45) is 5.92 Å². The Balaban J connectivity index is 1.96. The summed E-state index contributed by atoms with van der Waals surface area (Å²) in [6.07, 6.45) is 18.7. The Morgan fingerprint density at radius 2 is 1.50 bits per heavy atom. The molecule has 0 bridgehead atoms. The van der Waals surface area contributed by atoms with Gasteiger partial charge in [-0.25, -0.2) is 0 Å². The normalized spacial score (nSPS) is 18.7. The van der Waals surface area contributed by atoms with Gasteiger partial charge in [-0.1, -0.05) is 62.5 Å². The molecule has 0 amide bonds. The second-order valence-corrected chi connectivity index (χ2v) is 6.93. The molecule has 1 aliphatic carbocycles. The molecule has 2 heteroatoms. The highest BCUT2D eigenvalue weighted by atomic mass is 16.2. The lowest BCUT2D eigenvalue weighted by Gasteiger charge is -2.22. The first kappa shape index (κ1) is 19.4. The Labute approximate surface area is 137 Å². The number of carbonyl (C=O) groups is 1. The van der Waals surface area contributed by atoms with E-state index in [0.717, 1.165) is 19.1 Å². The largest absolute Gasteiger partial charge is 0.396 e. The molecule has 0 heterocycles.